The molecular weight excluding hydrogens is 350 g/mol. The van der Waals surface area contributed by atoms with Gasteiger partial charge in [0.25, 0.3) is 0 Å². The molecule has 0 bridgehead atoms. The summed E-state index contributed by atoms with van der Waals surface area (Å²) in [4.78, 5) is 24.0. The molecule has 7 nitrogen and oxygen atoms in total. The Labute approximate surface area is 162 Å². The number of hydrogen-bond acceptors (Lipinski definition) is 6. The summed E-state index contributed by atoms with van der Waals surface area (Å²) < 4.78 is 0. The maximum atomic E-state index is 4.71. The Bertz CT molecular complexity index is 1080. The second kappa shape index (κ2) is 7.26. The summed E-state index contributed by atoms with van der Waals surface area (Å²) >= 11 is 0. The van der Waals surface area contributed by atoms with Crippen LogP contribution in [0.5, 0.6) is 0 Å². The van der Waals surface area contributed by atoms with E-state index in [1.807, 2.05) is 30.5 Å². The first-order chi connectivity index (χ1) is 13.9. The van der Waals surface area contributed by atoms with Crippen LogP contribution >= 0.6 is 0 Å². The molecule has 4 aromatic heterocycles. The van der Waals surface area contributed by atoms with Crippen molar-refractivity contribution >= 4 is 22.7 Å². The van der Waals surface area contributed by atoms with Gasteiger partial charge in [-0.05, 0) is 37.1 Å². The van der Waals surface area contributed by atoms with Gasteiger partial charge in [0.15, 0.2) is 5.82 Å². The van der Waals surface area contributed by atoms with Crippen molar-refractivity contribution < 1.29 is 0 Å². The number of aromatic nitrogens is 5. The summed E-state index contributed by atoms with van der Waals surface area (Å²) in [6, 6.07) is 10.00. The zero-order valence-corrected chi connectivity index (χ0v) is 15.5. The first-order valence-electron chi connectivity index (χ1n) is 9.57. The number of nitrogens with zero attached hydrogens (tertiary/aromatic N) is 5. The molecule has 28 heavy (non-hydrogen) atoms. The van der Waals surface area contributed by atoms with Crippen LogP contribution in [-0.4, -0.2) is 38.0 Å². The highest BCUT2D eigenvalue weighted by Crippen LogP contribution is 2.34. The van der Waals surface area contributed by atoms with Crippen molar-refractivity contribution in [2.45, 2.75) is 19.4 Å². The average Bonchev–Trinajstić information content (AvgIpc) is 3.44. The van der Waals surface area contributed by atoms with Gasteiger partial charge in [0.05, 0.1) is 12.2 Å². The minimum absolute atomic E-state index is 0.610. The van der Waals surface area contributed by atoms with E-state index in [0.29, 0.717) is 6.54 Å². The van der Waals surface area contributed by atoms with Crippen LogP contribution in [0, 0.1) is 0 Å². The molecule has 0 radical (unpaired) electrons. The van der Waals surface area contributed by atoms with E-state index in [1.54, 1.807) is 18.6 Å². The van der Waals surface area contributed by atoms with Gasteiger partial charge < -0.3 is 15.2 Å². The van der Waals surface area contributed by atoms with Crippen molar-refractivity contribution in [2.24, 2.45) is 0 Å². The zero-order chi connectivity index (χ0) is 18.8. The summed E-state index contributed by atoms with van der Waals surface area (Å²) in [6.45, 7) is 2.66. The van der Waals surface area contributed by atoms with Crippen LogP contribution in [-0.2, 0) is 6.54 Å². The van der Waals surface area contributed by atoms with Gasteiger partial charge in [0.1, 0.15) is 17.2 Å². The van der Waals surface area contributed by atoms with Crippen molar-refractivity contribution in [2.75, 3.05) is 23.3 Å². The Kier molecular flexibility index (Phi) is 4.33. The van der Waals surface area contributed by atoms with E-state index in [9.17, 15) is 0 Å². The molecule has 1 fully saturated rings. The van der Waals surface area contributed by atoms with E-state index >= 15 is 0 Å². The average molecular weight is 371 g/mol. The molecule has 140 valence electrons. The lowest BCUT2D eigenvalue weighted by molar-refractivity contribution is 0.929. The second-order valence-electron chi connectivity index (χ2n) is 6.89. The monoisotopic (exact) mass is 371 g/mol. The van der Waals surface area contributed by atoms with Crippen LogP contribution in [0.15, 0.2) is 55.1 Å². The van der Waals surface area contributed by atoms with E-state index in [2.05, 4.69) is 31.2 Å². The lowest BCUT2D eigenvalue weighted by Crippen LogP contribution is -2.20. The quantitative estimate of drug-likeness (QED) is 0.557. The predicted octanol–water partition coefficient (Wildman–Crippen LogP) is 3.63. The lowest BCUT2D eigenvalue weighted by atomic mass is 10.1. The van der Waals surface area contributed by atoms with Crippen molar-refractivity contribution in [1.82, 2.24) is 24.9 Å². The van der Waals surface area contributed by atoms with Gasteiger partial charge in [0.2, 0.25) is 0 Å². The molecular formula is C21H21N7. The highest BCUT2D eigenvalue weighted by Gasteiger charge is 2.21. The van der Waals surface area contributed by atoms with E-state index in [0.717, 1.165) is 52.7 Å². The van der Waals surface area contributed by atoms with E-state index in [4.69, 9.17) is 9.97 Å². The molecule has 0 amide bonds. The van der Waals surface area contributed by atoms with Gasteiger partial charge in [-0.3, -0.25) is 9.97 Å². The van der Waals surface area contributed by atoms with Crippen molar-refractivity contribution in [1.29, 1.82) is 0 Å². The van der Waals surface area contributed by atoms with E-state index in [-0.39, 0.29) is 0 Å². The highest BCUT2D eigenvalue weighted by atomic mass is 15.2. The highest BCUT2D eigenvalue weighted by molar-refractivity contribution is 5.96. The largest absolute Gasteiger partial charge is 0.364 e. The van der Waals surface area contributed by atoms with Gasteiger partial charge in [-0.1, -0.05) is 6.07 Å². The van der Waals surface area contributed by atoms with Crippen LogP contribution in [0.3, 0.4) is 0 Å². The Hall–Kier alpha value is -3.48. The molecule has 0 saturated carbocycles. The summed E-state index contributed by atoms with van der Waals surface area (Å²) in [5.74, 6) is 1.73. The molecule has 0 unspecified atom stereocenters. The normalized spacial score (nSPS) is 13.9. The molecule has 2 N–H and O–H groups in total. The number of fused-ring (bicyclic) bond motifs is 1. The molecule has 1 aliphatic heterocycles. The summed E-state index contributed by atoms with van der Waals surface area (Å²) in [5.41, 5.74) is 3.73. The van der Waals surface area contributed by atoms with Crippen LogP contribution in [0.2, 0.25) is 0 Å². The van der Waals surface area contributed by atoms with Gasteiger partial charge in [-0.15, -0.1) is 0 Å². The van der Waals surface area contributed by atoms with Gasteiger partial charge >= 0.3 is 0 Å². The Morgan fingerprint density at radius 1 is 1.00 bits per heavy atom. The molecule has 1 aliphatic rings. The van der Waals surface area contributed by atoms with E-state index in [1.165, 1.54) is 12.8 Å². The fourth-order valence-electron chi connectivity index (χ4n) is 3.69. The maximum absolute atomic E-state index is 4.71. The van der Waals surface area contributed by atoms with Crippen LogP contribution in [0.4, 0.5) is 11.6 Å². The molecule has 7 heteroatoms. The summed E-state index contributed by atoms with van der Waals surface area (Å²) in [6.07, 6.45) is 9.63. The van der Waals surface area contributed by atoms with Crippen LogP contribution < -0.4 is 10.2 Å². The van der Waals surface area contributed by atoms with Crippen molar-refractivity contribution in [3.63, 3.8) is 0 Å². The molecule has 0 aromatic carbocycles. The number of anilines is 2. The molecule has 1 saturated heterocycles. The Morgan fingerprint density at radius 3 is 2.75 bits per heavy atom. The number of pyridine rings is 2. The fourth-order valence-corrected chi connectivity index (χ4v) is 3.69. The minimum atomic E-state index is 0.610. The standard InChI is InChI=1S/C21H21N7/c1-2-7-22-15(5-1)14-26-18-13-17(16-6-8-24-20(16)27-18)19-21(25-10-9-23-19)28-11-3-4-12-28/h1-2,5-10,13H,3-4,11-12,14H2,(H2,24,26,27). The lowest BCUT2D eigenvalue weighted by Gasteiger charge is -2.19. The smallest absolute Gasteiger partial charge is 0.155 e. The minimum Gasteiger partial charge on any atom is -0.364 e. The first-order valence-corrected chi connectivity index (χ1v) is 9.57. The van der Waals surface area contributed by atoms with Gasteiger partial charge in [-0.2, -0.15) is 0 Å². The van der Waals surface area contributed by atoms with Gasteiger partial charge in [-0.25, -0.2) is 9.97 Å². The third-order valence-corrected chi connectivity index (χ3v) is 5.05. The third kappa shape index (κ3) is 3.15. The molecule has 0 atom stereocenters. The van der Waals surface area contributed by atoms with Crippen LogP contribution in [0.1, 0.15) is 18.5 Å². The SMILES string of the molecule is c1ccc(CNc2cc(-c3nccnc3N3CCCC3)c3cc[nH]c3n2)nc1. The Balaban J connectivity index is 1.55. The molecule has 5 rings (SSSR count). The second-order valence-corrected chi connectivity index (χ2v) is 6.89. The maximum Gasteiger partial charge on any atom is 0.155 e. The third-order valence-electron chi connectivity index (χ3n) is 5.05. The van der Waals surface area contributed by atoms with E-state index < -0.39 is 0 Å². The number of aromatic amines is 1. The fraction of sp³-hybridized carbons (Fsp3) is 0.238. The number of hydrogen-bond donors (Lipinski definition) is 2. The molecule has 5 heterocycles. The zero-order valence-electron chi connectivity index (χ0n) is 15.5. The summed E-state index contributed by atoms with van der Waals surface area (Å²) in [5, 5.41) is 4.43. The first kappa shape index (κ1) is 16.7. The van der Waals surface area contributed by atoms with Crippen molar-refractivity contribution in [3.05, 3.63) is 60.8 Å². The van der Waals surface area contributed by atoms with Crippen LogP contribution in [0.25, 0.3) is 22.3 Å². The van der Waals surface area contributed by atoms with Crippen molar-refractivity contribution in [3.8, 4) is 11.3 Å². The number of nitrogens with one attached hydrogen (secondary N) is 2. The molecule has 0 aliphatic carbocycles. The summed E-state index contributed by atoms with van der Waals surface area (Å²) in [7, 11) is 0. The molecule has 4 aromatic rings. The molecule has 0 spiro atoms. The predicted molar refractivity (Wildman–Crippen MR) is 110 cm³/mol. The Morgan fingerprint density at radius 2 is 1.89 bits per heavy atom. The van der Waals surface area contributed by atoms with Gasteiger partial charge in [0, 0.05) is 48.8 Å². The topological polar surface area (TPSA) is 82.6 Å². The number of H-pyrrole nitrogens is 1. The number of rotatable bonds is 5.